The molecule has 104 valence electrons. The van der Waals surface area contributed by atoms with Gasteiger partial charge in [-0.25, -0.2) is 4.98 Å². The average Bonchev–Trinajstić information content (AvgIpc) is 2.65. The van der Waals surface area contributed by atoms with Crippen LogP contribution in [-0.2, 0) is 6.54 Å². The number of nitrogens with zero attached hydrogens (tertiary/aromatic N) is 1. The standard InChI is InChI=1S/C16H18BrN3/c1-11-14(6-7-16(17)19-11)20-15-8-9-18-10-12-4-2-3-5-13(12)15/h2-7,15,18,20H,8-10H2,1H3. The van der Waals surface area contributed by atoms with Gasteiger partial charge in [-0.15, -0.1) is 0 Å². The summed E-state index contributed by atoms with van der Waals surface area (Å²) >= 11 is 3.41. The molecule has 1 aromatic heterocycles. The van der Waals surface area contributed by atoms with E-state index in [0.29, 0.717) is 6.04 Å². The van der Waals surface area contributed by atoms with Crippen LogP contribution >= 0.6 is 15.9 Å². The van der Waals surface area contributed by atoms with E-state index in [1.165, 1.54) is 11.1 Å². The largest absolute Gasteiger partial charge is 0.377 e. The molecule has 1 aliphatic rings. The van der Waals surface area contributed by atoms with Crippen molar-refractivity contribution >= 4 is 21.6 Å². The highest BCUT2D eigenvalue weighted by Crippen LogP contribution is 2.28. The fourth-order valence-corrected chi connectivity index (χ4v) is 3.08. The van der Waals surface area contributed by atoms with E-state index in [0.717, 1.165) is 35.5 Å². The number of pyridine rings is 1. The molecule has 1 atom stereocenters. The SMILES string of the molecule is Cc1nc(Br)ccc1NC1CCNCc2ccccc21. The number of anilines is 1. The van der Waals surface area contributed by atoms with Crippen molar-refractivity contribution in [1.82, 2.24) is 10.3 Å². The summed E-state index contributed by atoms with van der Waals surface area (Å²) in [6.45, 7) is 4.01. The second kappa shape index (κ2) is 5.94. The summed E-state index contributed by atoms with van der Waals surface area (Å²) in [5, 5.41) is 7.13. The molecular formula is C16H18BrN3. The first kappa shape index (κ1) is 13.6. The zero-order valence-electron chi connectivity index (χ0n) is 11.5. The molecule has 0 spiro atoms. The van der Waals surface area contributed by atoms with E-state index in [2.05, 4.69) is 61.9 Å². The van der Waals surface area contributed by atoms with Gasteiger partial charge >= 0.3 is 0 Å². The maximum atomic E-state index is 4.46. The maximum absolute atomic E-state index is 4.46. The van der Waals surface area contributed by atoms with Crippen LogP contribution in [0.2, 0.25) is 0 Å². The van der Waals surface area contributed by atoms with Crippen molar-refractivity contribution in [1.29, 1.82) is 0 Å². The van der Waals surface area contributed by atoms with Crippen molar-refractivity contribution in [2.24, 2.45) is 0 Å². The van der Waals surface area contributed by atoms with Crippen LogP contribution in [0.5, 0.6) is 0 Å². The first-order valence-corrected chi connectivity index (χ1v) is 7.71. The monoisotopic (exact) mass is 331 g/mol. The van der Waals surface area contributed by atoms with E-state index >= 15 is 0 Å². The predicted molar refractivity (Wildman–Crippen MR) is 85.8 cm³/mol. The zero-order valence-corrected chi connectivity index (χ0v) is 13.1. The lowest BCUT2D eigenvalue weighted by Gasteiger charge is -2.21. The minimum atomic E-state index is 0.336. The molecule has 4 heteroatoms. The highest BCUT2D eigenvalue weighted by atomic mass is 79.9. The van der Waals surface area contributed by atoms with Crippen molar-refractivity contribution in [2.75, 3.05) is 11.9 Å². The van der Waals surface area contributed by atoms with Gasteiger partial charge in [0.2, 0.25) is 0 Å². The molecule has 2 aromatic rings. The Balaban J connectivity index is 1.90. The fourth-order valence-electron chi connectivity index (χ4n) is 2.68. The van der Waals surface area contributed by atoms with Crippen LogP contribution in [0.25, 0.3) is 0 Å². The minimum absolute atomic E-state index is 0.336. The van der Waals surface area contributed by atoms with Crippen LogP contribution in [-0.4, -0.2) is 11.5 Å². The summed E-state index contributed by atoms with van der Waals surface area (Å²) in [7, 11) is 0. The number of rotatable bonds is 2. The normalized spacial score (nSPS) is 18.2. The number of aromatic nitrogens is 1. The number of fused-ring (bicyclic) bond motifs is 1. The van der Waals surface area contributed by atoms with E-state index < -0.39 is 0 Å². The third-order valence-corrected chi connectivity index (χ3v) is 4.18. The third kappa shape index (κ3) is 2.86. The van der Waals surface area contributed by atoms with Gasteiger partial charge in [0.15, 0.2) is 0 Å². The van der Waals surface area contributed by atoms with Crippen LogP contribution in [0.1, 0.15) is 29.3 Å². The summed E-state index contributed by atoms with van der Waals surface area (Å²) in [5.74, 6) is 0. The minimum Gasteiger partial charge on any atom is -0.377 e. The van der Waals surface area contributed by atoms with Gasteiger partial charge in [-0.05, 0) is 59.1 Å². The molecule has 0 amide bonds. The van der Waals surface area contributed by atoms with Crippen molar-refractivity contribution in [3.05, 3.63) is 57.8 Å². The van der Waals surface area contributed by atoms with Gasteiger partial charge in [-0.2, -0.15) is 0 Å². The lowest BCUT2D eigenvalue weighted by atomic mass is 9.99. The lowest BCUT2D eigenvalue weighted by Crippen LogP contribution is -2.15. The van der Waals surface area contributed by atoms with Gasteiger partial charge in [-0.1, -0.05) is 24.3 Å². The van der Waals surface area contributed by atoms with E-state index in [1.54, 1.807) is 0 Å². The molecule has 0 bridgehead atoms. The first-order valence-electron chi connectivity index (χ1n) is 6.92. The Bertz CT molecular complexity index is 612. The molecule has 0 radical (unpaired) electrons. The highest BCUT2D eigenvalue weighted by molar-refractivity contribution is 9.10. The Labute approximate surface area is 127 Å². The molecule has 1 unspecified atom stereocenters. The van der Waals surface area contributed by atoms with Crippen molar-refractivity contribution < 1.29 is 0 Å². The predicted octanol–water partition coefficient (Wildman–Crippen LogP) is 3.80. The molecule has 2 N–H and O–H groups in total. The van der Waals surface area contributed by atoms with Gasteiger partial charge in [0, 0.05) is 6.54 Å². The zero-order chi connectivity index (χ0) is 13.9. The van der Waals surface area contributed by atoms with Gasteiger partial charge in [0.1, 0.15) is 4.60 Å². The molecule has 3 rings (SSSR count). The Kier molecular flexibility index (Phi) is 4.03. The van der Waals surface area contributed by atoms with Crippen molar-refractivity contribution in [2.45, 2.75) is 25.9 Å². The van der Waals surface area contributed by atoms with E-state index in [9.17, 15) is 0 Å². The number of hydrogen-bond donors (Lipinski definition) is 2. The second-order valence-electron chi connectivity index (χ2n) is 5.13. The van der Waals surface area contributed by atoms with Crippen LogP contribution in [0.3, 0.4) is 0 Å². The second-order valence-corrected chi connectivity index (χ2v) is 5.94. The lowest BCUT2D eigenvalue weighted by molar-refractivity contribution is 0.636. The average molecular weight is 332 g/mol. The number of nitrogens with one attached hydrogen (secondary N) is 2. The smallest absolute Gasteiger partial charge is 0.106 e. The number of halogens is 1. The van der Waals surface area contributed by atoms with Gasteiger partial charge in [0.05, 0.1) is 17.4 Å². The van der Waals surface area contributed by atoms with Crippen LogP contribution in [0.15, 0.2) is 41.0 Å². The third-order valence-electron chi connectivity index (χ3n) is 3.74. The number of aryl methyl sites for hydroxylation is 1. The molecule has 0 fully saturated rings. The first-order chi connectivity index (χ1) is 9.74. The van der Waals surface area contributed by atoms with E-state index in [-0.39, 0.29) is 0 Å². The Hall–Kier alpha value is -1.39. The molecule has 3 nitrogen and oxygen atoms in total. The summed E-state index contributed by atoms with van der Waals surface area (Å²) in [5.41, 5.74) is 4.90. The maximum Gasteiger partial charge on any atom is 0.106 e. The molecule has 0 saturated heterocycles. The van der Waals surface area contributed by atoms with Crippen LogP contribution < -0.4 is 10.6 Å². The Morgan fingerprint density at radius 1 is 1.25 bits per heavy atom. The highest BCUT2D eigenvalue weighted by Gasteiger charge is 2.18. The molecule has 1 aliphatic heterocycles. The topological polar surface area (TPSA) is 37.0 Å². The van der Waals surface area contributed by atoms with E-state index in [4.69, 9.17) is 0 Å². The summed E-state index contributed by atoms with van der Waals surface area (Å²) in [4.78, 5) is 4.46. The van der Waals surface area contributed by atoms with Crippen LogP contribution in [0, 0.1) is 6.92 Å². The molecule has 0 aliphatic carbocycles. The van der Waals surface area contributed by atoms with E-state index in [1.807, 2.05) is 13.0 Å². The number of hydrogen-bond acceptors (Lipinski definition) is 3. The molecule has 0 saturated carbocycles. The van der Waals surface area contributed by atoms with Gasteiger partial charge < -0.3 is 10.6 Å². The molecule has 1 aromatic carbocycles. The van der Waals surface area contributed by atoms with Gasteiger partial charge in [0.25, 0.3) is 0 Å². The quantitative estimate of drug-likeness (QED) is 0.822. The summed E-state index contributed by atoms with van der Waals surface area (Å²) in [6.07, 6.45) is 1.08. The molecular weight excluding hydrogens is 314 g/mol. The Morgan fingerprint density at radius 3 is 2.95 bits per heavy atom. The molecule has 20 heavy (non-hydrogen) atoms. The van der Waals surface area contributed by atoms with Gasteiger partial charge in [-0.3, -0.25) is 0 Å². The summed E-state index contributed by atoms with van der Waals surface area (Å²) < 4.78 is 0.878. The number of benzene rings is 1. The summed E-state index contributed by atoms with van der Waals surface area (Å²) in [6, 6.07) is 13.1. The van der Waals surface area contributed by atoms with Crippen LogP contribution in [0.4, 0.5) is 5.69 Å². The van der Waals surface area contributed by atoms with Crippen molar-refractivity contribution in [3.8, 4) is 0 Å². The fraction of sp³-hybridized carbons (Fsp3) is 0.312. The molecule has 2 heterocycles. The Morgan fingerprint density at radius 2 is 2.10 bits per heavy atom. The van der Waals surface area contributed by atoms with Crippen molar-refractivity contribution in [3.63, 3.8) is 0 Å².